The maximum atomic E-state index is 13.4. The van der Waals surface area contributed by atoms with Crippen molar-refractivity contribution in [2.75, 3.05) is 5.32 Å². The number of nitrogens with zero attached hydrogens (tertiary/aromatic N) is 5. The molecule has 1 aliphatic rings. The number of aromatic nitrogens is 5. The number of hydrogen-bond acceptors (Lipinski definition) is 5. The van der Waals surface area contributed by atoms with Crippen molar-refractivity contribution in [2.45, 2.75) is 59.0 Å². The van der Waals surface area contributed by atoms with E-state index < -0.39 is 6.04 Å². The second kappa shape index (κ2) is 10.2. The van der Waals surface area contributed by atoms with E-state index >= 15 is 0 Å². The Bertz CT molecular complexity index is 1120. The van der Waals surface area contributed by atoms with Crippen LogP contribution in [0.3, 0.4) is 0 Å². The third-order valence-electron chi connectivity index (χ3n) is 6.76. The van der Waals surface area contributed by atoms with Gasteiger partial charge in [-0.2, -0.15) is 10.2 Å². The molecule has 1 fully saturated rings. The fourth-order valence-electron chi connectivity index (χ4n) is 4.78. The van der Waals surface area contributed by atoms with Crippen LogP contribution >= 0.6 is 0 Å². The van der Waals surface area contributed by atoms with E-state index in [9.17, 15) is 9.59 Å². The van der Waals surface area contributed by atoms with Crippen LogP contribution in [0.2, 0.25) is 0 Å². The molecule has 180 valence electrons. The second-order valence-electron chi connectivity index (χ2n) is 9.22. The molecule has 0 saturated heterocycles. The molecule has 3 aromatic rings. The molecule has 1 aliphatic carbocycles. The van der Waals surface area contributed by atoms with E-state index in [4.69, 9.17) is 0 Å². The first kappa shape index (κ1) is 23.7. The Kier molecular flexibility index (Phi) is 7.09. The Hall–Kier alpha value is -3.49. The number of pyridine rings is 1. The summed E-state index contributed by atoms with van der Waals surface area (Å²) >= 11 is 0. The van der Waals surface area contributed by atoms with Crippen LogP contribution in [0.25, 0.3) is 11.3 Å². The summed E-state index contributed by atoms with van der Waals surface area (Å²) in [4.78, 5) is 30.8. The third-order valence-corrected chi connectivity index (χ3v) is 6.76. The van der Waals surface area contributed by atoms with E-state index in [2.05, 4.69) is 32.7 Å². The van der Waals surface area contributed by atoms with Gasteiger partial charge in [0.2, 0.25) is 5.91 Å². The maximum Gasteiger partial charge on any atom is 0.270 e. The smallest absolute Gasteiger partial charge is 0.270 e. The third kappa shape index (κ3) is 5.03. The van der Waals surface area contributed by atoms with E-state index in [0.717, 1.165) is 42.5 Å². The van der Waals surface area contributed by atoms with Gasteiger partial charge in [0, 0.05) is 31.5 Å². The molecule has 0 radical (unpaired) electrons. The van der Waals surface area contributed by atoms with Crippen molar-refractivity contribution >= 4 is 17.6 Å². The molecule has 4 rings (SSSR count). The predicted octanol–water partition coefficient (Wildman–Crippen LogP) is 3.57. The van der Waals surface area contributed by atoms with Gasteiger partial charge in [0.05, 0.1) is 11.9 Å². The Balaban J connectivity index is 1.51. The highest BCUT2D eigenvalue weighted by Gasteiger charge is 2.33. The lowest BCUT2D eigenvalue weighted by Gasteiger charge is -2.32. The van der Waals surface area contributed by atoms with Gasteiger partial charge < -0.3 is 10.6 Å². The number of nitrogens with one attached hydrogen (secondary N) is 2. The number of anilines is 1. The van der Waals surface area contributed by atoms with Crippen LogP contribution in [0.1, 0.15) is 55.6 Å². The van der Waals surface area contributed by atoms with E-state index in [-0.39, 0.29) is 17.7 Å². The summed E-state index contributed by atoms with van der Waals surface area (Å²) in [7, 11) is 1.89. The Morgan fingerprint density at radius 3 is 2.50 bits per heavy atom. The van der Waals surface area contributed by atoms with Crippen molar-refractivity contribution in [3.8, 4) is 11.3 Å². The van der Waals surface area contributed by atoms with Crippen LogP contribution in [0.5, 0.6) is 0 Å². The molecule has 1 saturated carbocycles. The van der Waals surface area contributed by atoms with Crippen LogP contribution in [-0.4, -0.2) is 42.4 Å². The van der Waals surface area contributed by atoms with E-state index in [0.29, 0.717) is 24.0 Å². The summed E-state index contributed by atoms with van der Waals surface area (Å²) < 4.78 is 3.44. The van der Waals surface area contributed by atoms with Gasteiger partial charge >= 0.3 is 0 Å². The van der Waals surface area contributed by atoms with E-state index in [1.165, 1.54) is 0 Å². The maximum absolute atomic E-state index is 13.4. The fraction of sp³-hybridized carbons (Fsp3) is 0.480. The minimum Gasteiger partial charge on any atom is -0.339 e. The normalized spacial score (nSPS) is 18.9. The van der Waals surface area contributed by atoms with Gasteiger partial charge in [0.25, 0.3) is 5.91 Å². The van der Waals surface area contributed by atoms with Gasteiger partial charge in [0.1, 0.15) is 17.6 Å². The minimum absolute atomic E-state index is 0.0783. The Morgan fingerprint density at radius 1 is 1.12 bits per heavy atom. The van der Waals surface area contributed by atoms with Gasteiger partial charge in [-0.05, 0) is 62.3 Å². The molecular formula is C25H33N7O2. The summed E-state index contributed by atoms with van der Waals surface area (Å²) in [6.07, 6.45) is 9.05. The van der Waals surface area contributed by atoms with Gasteiger partial charge in [-0.25, -0.2) is 4.98 Å². The summed E-state index contributed by atoms with van der Waals surface area (Å²) in [6, 6.07) is 4.74. The van der Waals surface area contributed by atoms with Crippen LogP contribution < -0.4 is 10.6 Å². The summed E-state index contributed by atoms with van der Waals surface area (Å²) in [5, 5.41) is 14.4. The van der Waals surface area contributed by atoms with Gasteiger partial charge in [0.15, 0.2) is 0 Å². The minimum atomic E-state index is -0.638. The van der Waals surface area contributed by atoms with Crippen LogP contribution in [0.15, 0.2) is 36.8 Å². The van der Waals surface area contributed by atoms with Crippen molar-refractivity contribution in [2.24, 2.45) is 18.9 Å². The highest BCUT2D eigenvalue weighted by atomic mass is 16.2. The lowest BCUT2D eigenvalue weighted by molar-refractivity contribution is -0.119. The number of rotatable bonds is 7. The molecular weight excluding hydrogens is 430 g/mol. The lowest BCUT2D eigenvalue weighted by atomic mass is 9.79. The molecule has 0 aliphatic heterocycles. The van der Waals surface area contributed by atoms with Gasteiger partial charge in [-0.3, -0.25) is 19.0 Å². The highest BCUT2D eigenvalue weighted by molar-refractivity contribution is 6.00. The first-order valence-electron chi connectivity index (χ1n) is 12.0. The zero-order valence-corrected chi connectivity index (χ0v) is 20.3. The monoisotopic (exact) mass is 463 g/mol. The van der Waals surface area contributed by atoms with E-state index in [1.807, 2.05) is 33.2 Å². The fourth-order valence-corrected chi connectivity index (χ4v) is 4.78. The van der Waals surface area contributed by atoms with Crippen molar-refractivity contribution in [3.05, 3.63) is 48.0 Å². The molecule has 3 heterocycles. The predicted molar refractivity (Wildman–Crippen MR) is 130 cm³/mol. The number of amides is 2. The number of carbonyl (C=O) groups is 2. The first-order chi connectivity index (χ1) is 16.4. The molecule has 1 atom stereocenters. The molecule has 3 aromatic heterocycles. The molecule has 2 N–H and O–H groups in total. The Morgan fingerprint density at radius 2 is 1.88 bits per heavy atom. The molecule has 0 aromatic carbocycles. The van der Waals surface area contributed by atoms with E-state index in [1.54, 1.807) is 33.9 Å². The van der Waals surface area contributed by atoms with Gasteiger partial charge in [-0.15, -0.1) is 0 Å². The van der Waals surface area contributed by atoms with Crippen molar-refractivity contribution in [1.82, 2.24) is 29.9 Å². The molecule has 0 bridgehead atoms. The second-order valence-corrected chi connectivity index (χ2v) is 9.22. The first-order valence-corrected chi connectivity index (χ1v) is 12.0. The lowest BCUT2D eigenvalue weighted by Crippen LogP contribution is -2.49. The van der Waals surface area contributed by atoms with Crippen LogP contribution in [0.4, 0.5) is 5.82 Å². The average Bonchev–Trinajstić information content (AvgIpc) is 3.45. The number of hydrogen-bond donors (Lipinski definition) is 2. The van der Waals surface area contributed by atoms with Crippen LogP contribution in [-0.2, 0) is 18.4 Å². The number of aryl methyl sites for hydroxylation is 3. The SMILES string of the molecule is CCn1nccc1C(=O)N[C@H](C(=O)Nc1ccc(-c2c(C)cnn2C)cn1)C1CCC(C)CC1. The summed E-state index contributed by atoms with van der Waals surface area (Å²) in [6.45, 7) is 6.75. The largest absolute Gasteiger partial charge is 0.339 e. The molecule has 34 heavy (non-hydrogen) atoms. The molecule has 0 unspecified atom stereocenters. The molecule has 2 amide bonds. The quantitative estimate of drug-likeness (QED) is 0.557. The van der Waals surface area contributed by atoms with Crippen molar-refractivity contribution in [3.63, 3.8) is 0 Å². The molecule has 9 nitrogen and oxygen atoms in total. The topological polar surface area (TPSA) is 107 Å². The number of carbonyl (C=O) groups excluding carboxylic acids is 2. The van der Waals surface area contributed by atoms with Crippen molar-refractivity contribution < 1.29 is 9.59 Å². The standard InChI is InChI=1S/C25H33N7O2/c1-5-32-20(12-13-27-32)24(33)30-22(18-8-6-16(2)7-9-18)25(34)29-21-11-10-19(15-26-21)23-17(3)14-28-31(23)4/h10-16,18,22H,5-9H2,1-4H3,(H,30,33)(H,26,29,34)/t16?,18?,22-/m0/s1. The zero-order valence-electron chi connectivity index (χ0n) is 20.3. The van der Waals surface area contributed by atoms with Gasteiger partial charge in [-0.1, -0.05) is 19.8 Å². The average molecular weight is 464 g/mol. The Labute approximate surface area is 200 Å². The highest BCUT2D eigenvalue weighted by Crippen LogP contribution is 2.31. The van der Waals surface area contributed by atoms with Crippen molar-refractivity contribution in [1.29, 1.82) is 0 Å². The summed E-state index contributed by atoms with van der Waals surface area (Å²) in [5.41, 5.74) is 3.43. The molecule has 9 heteroatoms. The summed E-state index contributed by atoms with van der Waals surface area (Å²) in [5.74, 6) is 0.646. The van der Waals surface area contributed by atoms with Crippen LogP contribution in [0, 0.1) is 18.8 Å². The molecule has 0 spiro atoms. The zero-order chi connectivity index (χ0) is 24.2.